The van der Waals surface area contributed by atoms with Gasteiger partial charge in [0, 0.05) is 24.5 Å². The molecule has 5 unspecified atom stereocenters. The van der Waals surface area contributed by atoms with Gasteiger partial charge in [-0.1, -0.05) is 25.1 Å². The Bertz CT molecular complexity index is 1120. The molecule has 1 aromatic heterocycles. The van der Waals surface area contributed by atoms with Crippen LogP contribution in [0.4, 0.5) is 0 Å². The van der Waals surface area contributed by atoms with Crippen LogP contribution in [0.3, 0.4) is 0 Å². The van der Waals surface area contributed by atoms with E-state index in [1.807, 2.05) is 18.2 Å². The second-order valence-corrected chi connectivity index (χ2v) is 8.99. The highest BCUT2D eigenvalue weighted by atomic mass is 16.5. The van der Waals surface area contributed by atoms with Gasteiger partial charge in [-0.15, -0.1) is 0 Å². The number of hydrogen-bond acceptors (Lipinski definition) is 3. The number of pyridine rings is 1. The molecule has 2 aromatic rings. The van der Waals surface area contributed by atoms with Crippen molar-refractivity contribution in [2.75, 3.05) is 13.1 Å². The Hall–Kier alpha value is -2.44. The van der Waals surface area contributed by atoms with Crippen LogP contribution in [0.2, 0.25) is 0 Å². The molecule has 28 heavy (non-hydrogen) atoms. The van der Waals surface area contributed by atoms with Crippen LogP contribution in [0.25, 0.3) is 5.69 Å². The number of carbonyl (C=O) groups excluding carboxylic acids is 1. The maximum absolute atomic E-state index is 13.9. The first-order valence-corrected chi connectivity index (χ1v) is 10.2. The predicted octanol–water partition coefficient (Wildman–Crippen LogP) is 2.15. The average molecular weight is 377 g/mol. The lowest BCUT2D eigenvalue weighted by atomic mass is 9.59. The summed E-state index contributed by atoms with van der Waals surface area (Å²) in [4.78, 5) is 25.4. The Morgan fingerprint density at radius 2 is 2.18 bits per heavy atom. The van der Waals surface area contributed by atoms with Crippen LogP contribution in [-0.4, -0.2) is 34.3 Å². The fraction of sp³-hybridized carbons (Fsp3) is 0.455. The zero-order valence-corrected chi connectivity index (χ0v) is 15.9. The number of rotatable bonds is 2. The summed E-state index contributed by atoms with van der Waals surface area (Å²) in [5, 5.41) is 13.9. The minimum absolute atomic E-state index is 0.0541. The topological polar surface area (TPSA) is 88.2 Å². The van der Waals surface area contributed by atoms with Crippen molar-refractivity contribution in [3.63, 3.8) is 0 Å². The summed E-state index contributed by atoms with van der Waals surface area (Å²) >= 11 is 0. The lowest BCUT2D eigenvalue weighted by Gasteiger charge is -2.57. The number of amides is 1. The number of nitrogens with two attached hydrogens (primary N) is 1. The van der Waals surface area contributed by atoms with E-state index in [0.717, 1.165) is 41.8 Å². The van der Waals surface area contributed by atoms with Crippen molar-refractivity contribution in [2.45, 2.75) is 43.6 Å². The zero-order chi connectivity index (χ0) is 19.4. The largest absolute Gasteiger partial charge is 0.633 e. The molecule has 3 aliphatic heterocycles. The molecule has 0 saturated carbocycles. The summed E-state index contributed by atoms with van der Waals surface area (Å²) in [6.45, 7) is 3.35. The van der Waals surface area contributed by atoms with Crippen LogP contribution >= 0.6 is 0 Å². The van der Waals surface area contributed by atoms with E-state index in [1.54, 1.807) is 10.6 Å². The van der Waals surface area contributed by atoms with E-state index in [2.05, 4.69) is 13.0 Å². The number of carbonyl (C=O) groups is 1. The van der Waals surface area contributed by atoms with Crippen molar-refractivity contribution in [2.24, 2.45) is 11.7 Å². The molecule has 1 spiro atoms. The van der Waals surface area contributed by atoms with E-state index >= 15 is 0 Å². The lowest BCUT2D eigenvalue weighted by molar-refractivity contribution is -0.904. The molecule has 1 aromatic carbocycles. The van der Waals surface area contributed by atoms with Gasteiger partial charge in [-0.3, -0.25) is 14.2 Å². The van der Waals surface area contributed by atoms with Gasteiger partial charge in [-0.25, -0.2) is 0 Å². The van der Waals surface area contributed by atoms with Gasteiger partial charge in [0.1, 0.15) is 11.6 Å². The summed E-state index contributed by atoms with van der Waals surface area (Å²) in [5.74, 6) is -0.214. The fourth-order valence-electron chi connectivity index (χ4n) is 7.00. The normalized spacial score (nSPS) is 36.1. The highest BCUT2D eigenvalue weighted by Crippen LogP contribution is 2.63. The third-order valence-corrected chi connectivity index (χ3v) is 8.08. The van der Waals surface area contributed by atoms with E-state index < -0.39 is 11.3 Å². The minimum atomic E-state index is -0.679. The van der Waals surface area contributed by atoms with Crippen LogP contribution < -0.4 is 11.3 Å². The molecule has 4 aliphatic rings. The minimum Gasteiger partial charge on any atom is -0.633 e. The molecule has 4 heterocycles. The van der Waals surface area contributed by atoms with Gasteiger partial charge in [0.25, 0.3) is 11.5 Å². The smallest absolute Gasteiger partial charge is 0.268 e. The Balaban J connectivity index is 1.80. The second-order valence-electron chi connectivity index (χ2n) is 8.99. The molecule has 0 radical (unpaired) electrons. The third-order valence-electron chi connectivity index (χ3n) is 8.08. The quantitative estimate of drug-likeness (QED) is 0.642. The molecular weight excluding hydrogens is 354 g/mol. The van der Waals surface area contributed by atoms with E-state index in [9.17, 15) is 14.8 Å². The second kappa shape index (κ2) is 4.93. The molecule has 144 valence electrons. The Morgan fingerprint density at radius 1 is 1.39 bits per heavy atom. The van der Waals surface area contributed by atoms with Crippen LogP contribution in [0.15, 0.2) is 35.1 Å². The maximum Gasteiger partial charge on any atom is 0.268 e. The molecule has 2 saturated heterocycles. The predicted molar refractivity (Wildman–Crippen MR) is 104 cm³/mol. The summed E-state index contributed by atoms with van der Waals surface area (Å²) in [7, 11) is 0. The first-order valence-electron chi connectivity index (χ1n) is 10.2. The molecule has 6 rings (SSSR count). The van der Waals surface area contributed by atoms with Crippen molar-refractivity contribution in [3.05, 3.63) is 68.3 Å². The highest BCUT2D eigenvalue weighted by Gasteiger charge is 2.67. The van der Waals surface area contributed by atoms with Gasteiger partial charge in [0.15, 0.2) is 0 Å². The Kier molecular flexibility index (Phi) is 2.91. The molecule has 2 fully saturated rings. The van der Waals surface area contributed by atoms with E-state index in [4.69, 9.17) is 5.73 Å². The zero-order valence-electron chi connectivity index (χ0n) is 15.9. The van der Waals surface area contributed by atoms with E-state index in [1.165, 1.54) is 0 Å². The average Bonchev–Trinajstić information content (AvgIpc) is 3.17. The lowest BCUT2D eigenvalue weighted by Crippen LogP contribution is -2.61. The molecule has 2 bridgehead atoms. The van der Waals surface area contributed by atoms with Crippen molar-refractivity contribution in [1.29, 1.82) is 0 Å². The van der Waals surface area contributed by atoms with Crippen molar-refractivity contribution >= 4 is 5.91 Å². The fourth-order valence-corrected chi connectivity index (χ4v) is 7.00. The summed E-state index contributed by atoms with van der Waals surface area (Å²) in [5.41, 5.74) is 8.82. The molecule has 6 heteroatoms. The van der Waals surface area contributed by atoms with Gasteiger partial charge in [-0.2, -0.15) is 0 Å². The van der Waals surface area contributed by atoms with Crippen LogP contribution in [0.1, 0.15) is 59.3 Å². The highest BCUT2D eigenvalue weighted by molar-refractivity contribution is 5.93. The first-order chi connectivity index (χ1) is 13.4. The summed E-state index contributed by atoms with van der Waals surface area (Å²) in [6.07, 6.45) is 2.49. The summed E-state index contributed by atoms with van der Waals surface area (Å²) in [6, 6.07) is 9.61. The van der Waals surface area contributed by atoms with Gasteiger partial charge in [0.05, 0.1) is 24.2 Å². The Morgan fingerprint density at radius 3 is 2.93 bits per heavy atom. The number of hydroxylamine groups is 3. The number of fused-ring (bicyclic) bond motifs is 4. The number of quaternary nitrogens is 1. The van der Waals surface area contributed by atoms with Crippen LogP contribution in [0, 0.1) is 11.1 Å². The molecular formula is C22H23N3O3. The van der Waals surface area contributed by atoms with Crippen molar-refractivity contribution in [1.82, 2.24) is 4.57 Å². The molecule has 1 amide bonds. The standard InChI is InChI=1S/C22H23N3O3/c1-2-12-11-25(28)8-7-22-16-5-3-4-6-17(16)24-19(22)14(13(12)10-18(22)25)9-15(20(23)26)21(24)27/h3-6,9,12-13,18H,2,7-8,10-11H2,1H3,(H2,23,26). The van der Waals surface area contributed by atoms with Gasteiger partial charge >= 0.3 is 0 Å². The number of benzene rings is 1. The number of nitrogens with zero attached hydrogens (tertiary/aromatic N) is 2. The van der Waals surface area contributed by atoms with E-state index in [-0.39, 0.29) is 33.6 Å². The van der Waals surface area contributed by atoms with E-state index in [0.29, 0.717) is 13.1 Å². The van der Waals surface area contributed by atoms with Crippen LogP contribution in [-0.2, 0) is 5.41 Å². The SMILES string of the molecule is CCC1C[N+]2([O-])CCC34c5ccccc5-n5c3c(cc(C(N)=O)c5=O)C1CC42. The monoisotopic (exact) mass is 377 g/mol. The molecule has 6 nitrogen and oxygen atoms in total. The Labute approximate surface area is 162 Å². The number of aromatic nitrogens is 1. The molecule has 1 aliphatic carbocycles. The molecule has 5 atom stereocenters. The first kappa shape index (κ1) is 16.5. The van der Waals surface area contributed by atoms with Gasteiger partial charge in [0.2, 0.25) is 0 Å². The number of piperidine rings is 1. The van der Waals surface area contributed by atoms with Crippen LogP contribution in [0.5, 0.6) is 0 Å². The summed E-state index contributed by atoms with van der Waals surface area (Å²) < 4.78 is 1.58. The van der Waals surface area contributed by atoms with Crippen molar-refractivity contribution < 1.29 is 9.44 Å². The van der Waals surface area contributed by atoms with Gasteiger partial charge in [-0.05, 0) is 35.6 Å². The number of primary amides is 1. The maximum atomic E-state index is 13.9. The number of para-hydroxylation sites is 1. The van der Waals surface area contributed by atoms with Crippen molar-refractivity contribution in [3.8, 4) is 5.69 Å². The van der Waals surface area contributed by atoms with Gasteiger partial charge < -0.3 is 15.6 Å². The third kappa shape index (κ3) is 1.60. The molecule has 2 N–H and O–H groups in total. The number of hydrogen-bond donors (Lipinski definition) is 1.